The van der Waals surface area contributed by atoms with E-state index >= 15 is 0 Å². The van der Waals surface area contributed by atoms with Crippen LogP contribution in [0, 0.1) is 0 Å². The van der Waals surface area contributed by atoms with Crippen LogP contribution in [0.1, 0.15) is 5.56 Å². The SMILES string of the molecule is COC=Cc1cccc(Cl)c1. The summed E-state index contributed by atoms with van der Waals surface area (Å²) >= 11 is 5.75. The lowest BCUT2D eigenvalue weighted by Gasteiger charge is -1.92. The number of hydrogen-bond donors (Lipinski definition) is 0. The summed E-state index contributed by atoms with van der Waals surface area (Å²) in [5.74, 6) is 0. The molecule has 0 aliphatic rings. The number of ether oxygens (including phenoxy) is 1. The Bertz CT molecular complexity index is 255. The first-order valence-electron chi connectivity index (χ1n) is 3.28. The minimum atomic E-state index is 0.739. The fourth-order valence-electron chi connectivity index (χ4n) is 0.757. The molecule has 58 valence electrons. The van der Waals surface area contributed by atoms with Crippen LogP contribution in [-0.4, -0.2) is 7.11 Å². The van der Waals surface area contributed by atoms with E-state index in [1.54, 1.807) is 13.4 Å². The van der Waals surface area contributed by atoms with Crippen LogP contribution in [0.3, 0.4) is 0 Å². The van der Waals surface area contributed by atoms with Crippen molar-refractivity contribution < 1.29 is 4.74 Å². The second-order valence-corrected chi connectivity index (χ2v) is 2.53. The van der Waals surface area contributed by atoms with Crippen LogP contribution in [0.2, 0.25) is 5.02 Å². The molecule has 0 aromatic heterocycles. The highest BCUT2D eigenvalue weighted by Crippen LogP contribution is 2.11. The fraction of sp³-hybridized carbons (Fsp3) is 0.111. The molecule has 0 aliphatic carbocycles. The number of benzene rings is 1. The van der Waals surface area contributed by atoms with E-state index in [-0.39, 0.29) is 0 Å². The summed E-state index contributed by atoms with van der Waals surface area (Å²) in [6.45, 7) is 0. The van der Waals surface area contributed by atoms with Crippen molar-refractivity contribution >= 4 is 17.7 Å². The molecule has 0 radical (unpaired) electrons. The molecule has 1 rings (SSSR count). The first-order valence-corrected chi connectivity index (χ1v) is 3.65. The normalized spacial score (nSPS) is 10.4. The molecule has 1 aromatic rings. The molecule has 0 spiro atoms. The average molecular weight is 169 g/mol. The molecule has 0 unspecified atom stereocenters. The Balaban J connectivity index is 2.79. The van der Waals surface area contributed by atoms with Crippen LogP contribution >= 0.6 is 11.6 Å². The predicted molar refractivity (Wildman–Crippen MR) is 47.5 cm³/mol. The van der Waals surface area contributed by atoms with Crippen LogP contribution in [0.25, 0.3) is 6.08 Å². The molecule has 0 aliphatic heterocycles. The third kappa shape index (κ3) is 2.64. The van der Waals surface area contributed by atoms with Gasteiger partial charge in [-0.05, 0) is 23.8 Å². The molecular weight excluding hydrogens is 160 g/mol. The van der Waals surface area contributed by atoms with E-state index in [1.165, 1.54) is 0 Å². The van der Waals surface area contributed by atoms with Gasteiger partial charge in [0, 0.05) is 5.02 Å². The van der Waals surface area contributed by atoms with Gasteiger partial charge in [0.2, 0.25) is 0 Å². The van der Waals surface area contributed by atoms with Crippen LogP contribution in [0.15, 0.2) is 30.5 Å². The van der Waals surface area contributed by atoms with Crippen molar-refractivity contribution in [3.63, 3.8) is 0 Å². The lowest BCUT2D eigenvalue weighted by molar-refractivity contribution is 0.341. The Kier molecular flexibility index (Phi) is 2.99. The molecule has 0 saturated heterocycles. The summed E-state index contributed by atoms with van der Waals surface area (Å²) < 4.78 is 4.76. The summed E-state index contributed by atoms with van der Waals surface area (Å²) in [6.07, 6.45) is 3.47. The van der Waals surface area contributed by atoms with Crippen molar-refractivity contribution in [3.8, 4) is 0 Å². The van der Waals surface area contributed by atoms with E-state index in [4.69, 9.17) is 16.3 Å². The maximum Gasteiger partial charge on any atom is 0.0830 e. The Morgan fingerprint density at radius 2 is 2.27 bits per heavy atom. The van der Waals surface area contributed by atoms with Crippen LogP contribution in [0.5, 0.6) is 0 Å². The average Bonchev–Trinajstić information content (AvgIpc) is 2.01. The van der Waals surface area contributed by atoms with Crippen molar-refractivity contribution in [1.82, 2.24) is 0 Å². The van der Waals surface area contributed by atoms with Gasteiger partial charge in [-0.3, -0.25) is 0 Å². The third-order valence-electron chi connectivity index (χ3n) is 1.25. The second kappa shape index (κ2) is 4.04. The standard InChI is InChI=1S/C9H9ClO/c1-11-6-5-8-3-2-4-9(10)7-8/h2-7H,1H3. The minimum Gasteiger partial charge on any atom is -0.504 e. The maximum absolute atomic E-state index is 5.75. The topological polar surface area (TPSA) is 9.23 Å². The molecule has 11 heavy (non-hydrogen) atoms. The summed E-state index contributed by atoms with van der Waals surface area (Å²) in [5.41, 5.74) is 1.04. The van der Waals surface area contributed by atoms with E-state index in [9.17, 15) is 0 Å². The number of rotatable bonds is 2. The molecule has 0 atom stereocenters. The van der Waals surface area contributed by atoms with E-state index < -0.39 is 0 Å². The van der Waals surface area contributed by atoms with Gasteiger partial charge in [0.15, 0.2) is 0 Å². The van der Waals surface area contributed by atoms with Crippen LogP contribution in [0.4, 0.5) is 0 Å². The van der Waals surface area contributed by atoms with Crippen molar-refractivity contribution in [3.05, 3.63) is 41.1 Å². The zero-order valence-corrected chi connectivity index (χ0v) is 7.01. The first kappa shape index (κ1) is 8.15. The highest BCUT2D eigenvalue weighted by atomic mass is 35.5. The smallest absolute Gasteiger partial charge is 0.0830 e. The maximum atomic E-state index is 5.75. The second-order valence-electron chi connectivity index (χ2n) is 2.09. The Labute approximate surface area is 71.3 Å². The molecule has 2 heteroatoms. The summed E-state index contributed by atoms with van der Waals surface area (Å²) in [6, 6.07) is 7.57. The molecule has 0 N–H and O–H groups in total. The Morgan fingerprint density at radius 1 is 1.45 bits per heavy atom. The fourth-order valence-corrected chi connectivity index (χ4v) is 0.956. The Morgan fingerprint density at radius 3 is 2.91 bits per heavy atom. The quantitative estimate of drug-likeness (QED) is 0.617. The van der Waals surface area contributed by atoms with Gasteiger partial charge in [-0.25, -0.2) is 0 Å². The van der Waals surface area contributed by atoms with Crippen molar-refractivity contribution in [2.75, 3.05) is 7.11 Å². The molecule has 1 aromatic carbocycles. The number of methoxy groups -OCH3 is 1. The van der Waals surface area contributed by atoms with Crippen LogP contribution in [-0.2, 0) is 4.74 Å². The van der Waals surface area contributed by atoms with Crippen molar-refractivity contribution in [1.29, 1.82) is 0 Å². The zero-order valence-electron chi connectivity index (χ0n) is 6.25. The monoisotopic (exact) mass is 168 g/mol. The molecule has 0 bridgehead atoms. The van der Waals surface area contributed by atoms with Gasteiger partial charge >= 0.3 is 0 Å². The zero-order chi connectivity index (χ0) is 8.10. The molecular formula is C9H9ClO. The van der Waals surface area contributed by atoms with Crippen LogP contribution < -0.4 is 0 Å². The van der Waals surface area contributed by atoms with Crippen molar-refractivity contribution in [2.24, 2.45) is 0 Å². The predicted octanol–water partition coefficient (Wildman–Crippen LogP) is 2.96. The third-order valence-corrected chi connectivity index (χ3v) is 1.48. The molecule has 0 fully saturated rings. The molecule has 1 nitrogen and oxygen atoms in total. The van der Waals surface area contributed by atoms with Gasteiger partial charge < -0.3 is 4.74 Å². The van der Waals surface area contributed by atoms with Gasteiger partial charge in [-0.2, -0.15) is 0 Å². The van der Waals surface area contributed by atoms with Gasteiger partial charge in [-0.15, -0.1) is 0 Å². The Hall–Kier alpha value is -0.950. The van der Waals surface area contributed by atoms with Gasteiger partial charge in [0.25, 0.3) is 0 Å². The first-order chi connectivity index (χ1) is 5.33. The van der Waals surface area contributed by atoms with E-state index in [1.807, 2.05) is 30.3 Å². The number of hydrogen-bond acceptors (Lipinski definition) is 1. The summed E-state index contributed by atoms with van der Waals surface area (Å²) in [4.78, 5) is 0. The molecule has 0 amide bonds. The lowest BCUT2D eigenvalue weighted by atomic mass is 10.2. The highest BCUT2D eigenvalue weighted by Gasteiger charge is 1.87. The van der Waals surface area contributed by atoms with Crippen molar-refractivity contribution in [2.45, 2.75) is 0 Å². The largest absolute Gasteiger partial charge is 0.504 e. The lowest BCUT2D eigenvalue weighted by Crippen LogP contribution is -1.71. The summed E-state index contributed by atoms with van der Waals surface area (Å²) in [7, 11) is 1.61. The highest BCUT2D eigenvalue weighted by molar-refractivity contribution is 6.30. The molecule has 0 saturated carbocycles. The van der Waals surface area contributed by atoms with E-state index in [2.05, 4.69) is 0 Å². The van der Waals surface area contributed by atoms with E-state index in [0.29, 0.717) is 0 Å². The van der Waals surface area contributed by atoms with Gasteiger partial charge in [-0.1, -0.05) is 23.7 Å². The minimum absolute atomic E-state index is 0.739. The van der Waals surface area contributed by atoms with Gasteiger partial charge in [0.05, 0.1) is 13.4 Å². The molecule has 0 heterocycles. The van der Waals surface area contributed by atoms with E-state index in [0.717, 1.165) is 10.6 Å². The number of halogens is 1. The summed E-state index contributed by atoms with van der Waals surface area (Å²) in [5, 5.41) is 0.739. The van der Waals surface area contributed by atoms with Gasteiger partial charge in [0.1, 0.15) is 0 Å².